The van der Waals surface area contributed by atoms with Gasteiger partial charge in [0.25, 0.3) is 0 Å². The Morgan fingerprint density at radius 1 is 1.14 bits per heavy atom. The molecule has 2 aromatic rings. The van der Waals surface area contributed by atoms with Crippen molar-refractivity contribution in [1.82, 2.24) is 5.32 Å². The van der Waals surface area contributed by atoms with Gasteiger partial charge in [-0.15, -0.1) is 0 Å². The number of hydrogen-bond acceptors (Lipinski definition) is 4. The smallest absolute Gasteiger partial charge is 0.227 e. The zero-order valence-corrected chi connectivity index (χ0v) is 17.7. The van der Waals surface area contributed by atoms with Gasteiger partial charge in [-0.3, -0.25) is 9.59 Å². The number of anilines is 1. The Labute approximate surface area is 171 Å². The number of benzene rings is 2. The van der Waals surface area contributed by atoms with Crippen LogP contribution in [0.25, 0.3) is 0 Å². The molecule has 1 saturated heterocycles. The first-order valence-electron chi connectivity index (χ1n) is 9.68. The average molecular weight is 415 g/mol. The fraction of sp³-hybridized carbons (Fsp3) is 0.364. The van der Waals surface area contributed by atoms with Crippen LogP contribution >= 0.6 is 0 Å². The van der Waals surface area contributed by atoms with Crippen LogP contribution in [0, 0.1) is 5.92 Å². The minimum absolute atomic E-state index is 0.0560. The van der Waals surface area contributed by atoms with Crippen molar-refractivity contribution in [3.05, 3.63) is 59.7 Å². The standard InChI is InChI=1S/C22H26N2O4S/c1-4-16-5-9-19(10-6-16)24-14-18(13-21(24)25)22(26)23-15(2)17-7-11-20(12-8-17)29(3,27)28/h5-12,15,18H,4,13-14H2,1-3H3,(H,23,26). The number of amides is 2. The van der Waals surface area contributed by atoms with Gasteiger partial charge in [-0.25, -0.2) is 8.42 Å². The number of sulfone groups is 1. The third-order valence-electron chi connectivity index (χ3n) is 5.32. The zero-order valence-electron chi connectivity index (χ0n) is 16.9. The minimum Gasteiger partial charge on any atom is -0.349 e. The monoisotopic (exact) mass is 414 g/mol. The highest BCUT2D eigenvalue weighted by Gasteiger charge is 2.35. The fourth-order valence-corrected chi connectivity index (χ4v) is 4.09. The number of hydrogen-bond donors (Lipinski definition) is 1. The molecule has 1 N–H and O–H groups in total. The molecule has 1 heterocycles. The van der Waals surface area contributed by atoms with Gasteiger partial charge in [0.15, 0.2) is 9.84 Å². The number of carbonyl (C=O) groups is 2. The summed E-state index contributed by atoms with van der Waals surface area (Å²) in [5.41, 5.74) is 2.82. The molecule has 0 bridgehead atoms. The Morgan fingerprint density at radius 3 is 2.31 bits per heavy atom. The zero-order chi connectivity index (χ0) is 21.2. The van der Waals surface area contributed by atoms with Crippen LogP contribution < -0.4 is 10.2 Å². The molecule has 2 unspecified atom stereocenters. The van der Waals surface area contributed by atoms with Gasteiger partial charge in [0.2, 0.25) is 11.8 Å². The maximum absolute atomic E-state index is 12.7. The van der Waals surface area contributed by atoms with Gasteiger partial charge in [0.1, 0.15) is 0 Å². The van der Waals surface area contributed by atoms with Crippen molar-refractivity contribution in [3.8, 4) is 0 Å². The lowest BCUT2D eigenvalue weighted by Gasteiger charge is -2.19. The van der Waals surface area contributed by atoms with Gasteiger partial charge < -0.3 is 10.2 Å². The summed E-state index contributed by atoms with van der Waals surface area (Å²) < 4.78 is 23.1. The van der Waals surface area contributed by atoms with Crippen molar-refractivity contribution in [2.75, 3.05) is 17.7 Å². The molecule has 1 fully saturated rings. The molecule has 6 nitrogen and oxygen atoms in total. The van der Waals surface area contributed by atoms with Gasteiger partial charge >= 0.3 is 0 Å². The highest BCUT2D eigenvalue weighted by Crippen LogP contribution is 2.26. The maximum atomic E-state index is 12.7. The molecular weight excluding hydrogens is 388 g/mol. The number of nitrogens with zero attached hydrogens (tertiary/aromatic N) is 1. The number of nitrogens with one attached hydrogen (secondary N) is 1. The van der Waals surface area contributed by atoms with Crippen molar-refractivity contribution in [1.29, 1.82) is 0 Å². The Hall–Kier alpha value is -2.67. The molecule has 0 spiro atoms. The summed E-state index contributed by atoms with van der Waals surface area (Å²) in [6, 6.07) is 14.0. The first-order valence-corrected chi connectivity index (χ1v) is 11.6. The maximum Gasteiger partial charge on any atom is 0.227 e. The van der Waals surface area contributed by atoms with E-state index in [1.165, 1.54) is 17.7 Å². The highest BCUT2D eigenvalue weighted by atomic mass is 32.2. The predicted molar refractivity (Wildman–Crippen MR) is 112 cm³/mol. The molecule has 0 saturated carbocycles. The lowest BCUT2D eigenvalue weighted by molar-refractivity contribution is -0.126. The highest BCUT2D eigenvalue weighted by molar-refractivity contribution is 7.90. The summed E-state index contributed by atoms with van der Waals surface area (Å²) in [5, 5.41) is 2.94. The molecule has 1 aliphatic heterocycles. The van der Waals surface area contributed by atoms with E-state index in [2.05, 4.69) is 12.2 Å². The number of rotatable bonds is 6. The Bertz CT molecular complexity index is 998. The van der Waals surface area contributed by atoms with Crippen molar-refractivity contribution in [2.45, 2.75) is 37.6 Å². The van der Waals surface area contributed by atoms with Crippen LogP contribution in [0.15, 0.2) is 53.4 Å². The van der Waals surface area contributed by atoms with E-state index in [1.807, 2.05) is 31.2 Å². The molecule has 1 aliphatic rings. The van der Waals surface area contributed by atoms with Crippen molar-refractivity contribution in [3.63, 3.8) is 0 Å². The summed E-state index contributed by atoms with van der Waals surface area (Å²) >= 11 is 0. The fourth-order valence-electron chi connectivity index (χ4n) is 3.46. The molecule has 0 aliphatic carbocycles. The van der Waals surface area contributed by atoms with Crippen molar-refractivity contribution < 1.29 is 18.0 Å². The summed E-state index contributed by atoms with van der Waals surface area (Å²) in [5.74, 6) is -0.642. The van der Waals surface area contributed by atoms with E-state index in [9.17, 15) is 18.0 Å². The van der Waals surface area contributed by atoms with Crippen LogP contribution in [-0.2, 0) is 25.8 Å². The second-order valence-corrected chi connectivity index (χ2v) is 9.51. The summed E-state index contributed by atoms with van der Waals surface area (Å²) in [7, 11) is -3.25. The summed E-state index contributed by atoms with van der Waals surface area (Å²) in [6.45, 7) is 4.27. The topological polar surface area (TPSA) is 83.6 Å². The van der Waals surface area contributed by atoms with E-state index >= 15 is 0 Å². The van der Waals surface area contributed by atoms with Crippen molar-refractivity contribution >= 4 is 27.3 Å². The van der Waals surface area contributed by atoms with E-state index < -0.39 is 15.8 Å². The van der Waals surface area contributed by atoms with E-state index in [-0.39, 0.29) is 29.2 Å². The molecule has 0 aromatic heterocycles. The van der Waals surface area contributed by atoms with Gasteiger partial charge in [-0.1, -0.05) is 31.2 Å². The molecule has 7 heteroatoms. The third-order valence-corrected chi connectivity index (χ3v) is 6.45. The van der Waals surface area contributed by atoms with E-state index in [0.717, 1.165) is 23.9 Å². The second-order valence-electron chi connectivity index (χ2n) is 7.50. The molecule has 3 rings (SSSR count). The van der Waals surface area contributed by atoms with Gasteiger partial charge in [0, 0.05) is 24.9 Å². The number of aryl methyl sites for hydroxylation is 1. The normalized spacial score (nSPS) is 18.0. The Kier molecular flexibility index (Phi) is 6.07. The summed E-state index contributed by atoms with van der Waals surface area (Å²) in [6.07, 6.45) is 2.27. The molecule has 154 valence electrons. The van der Waals surface area contributed by atoms with Gasteiger partial charge in [-0.05, 0) is 48.7 Å². The second kappa shape index (κ2) is 8.37. The first-order chi connectivity index (χ1) is 13.7. The van der Waals surface area contributed by atoms with Crippen LogP contribution in [-0.4, -0.2) is 33.0 Å². The van der Waals surface area contributed by atoms with Gasteiger partial charge in [0.05, 0.1) is 16.9 Å². The molecule has 0 radical (unpaired) electrons. The first kappa shape index (κ1) is 21.0. The van der Waals surface area contributed by atoms with E-state index in [1.54, 1.807) is 17.0 Å². The molecule has 2 amide bonds. The predicted octanol–water partition coefficient (Wildman–Crippen LogP) is 2.88. The van der Waals surface area contributed by atoms with Crippen LogP contribution in [0.2, 0.25) is 0 Å². The quantitative estimate of drug-likeness (QED) is 0.788. The Morgan fingerprint density at radius 2 is 1.76 bits per heavy atom. The summed E-state index contributed by atoms with van der Waals surface area (Å²) in [4.78, 5) is 27.0. The minimum atomic E-state index is -3.25. The SMILES string of the molecule is CCc1ccc(N2CC(C(=O)NC(C)c3ccc(S(C)(=O)=O)cc3)CC2=O)cc1. The molecular formula is C22H26N2O4S. The van der Waals surface area contributed by atoms with Crippen molar-refractivity contribution in [2.24, 2.45) is 5.92 Å². The van der Waals surface area contributed by atoms with Crippen LogP contribution in [0.4, 0.5) is 5.69 Å². The average Bonchev–Trinajstić information content (AvgIpc) is 3.09. The van der Waals surface area contributed by atoms with E-state index in [4.69, 9.17) is 0 Å². The molecule has 2 aromatic carbocycles. The largest absolute Gasteiger partial charge is 0.349 e. The van der Waals surface area contributed by atoms with Crippen LogP contribution in [0.3, 0.4) is 0 Å². The van der Waals surface area contributed by atoms with Crippen LogP contribution in [0.5, 0.6) is 0 Å². The van der Waals surface area contributed by atoms with E-state index in [0.29, 0.717) is 6.54 Å². The lowest BCUT2D eigenvalue weighted by Crippen LogP contribution is -2.34. The Balaban J connectivity index is 1.64. The number of carbonyl (C=O) groups excluding carboxylic acids is 2. The lowest BCUT2D eigenvalue weighted by atomic mass is 10.1. The third kappa shape index (κ3) is 4.85. The van der Waals surface area contributed by atoms with Crippen LogP contribution in [0.1, 0.15) is 37.4 Å². The molecule has 2 atom stereocenters. The molecule has 29 heavy (non-hydrogen) atoms. The van der Waals surface area contributed by atoms with Gasteiger partial charge in [-0.2, -0.15) is 0 Å².